The van der Waals surface area contributed by atoms with Crippen LogP contribution in [0.4, 0.5) is 13.2 Å². The van der Waals surface area contributed by atoms with Crippen LogP contribution in [0.15, 0.2) is 48.9 Å². The molecule has 0 radical (unpaired) electrons. The van der Waals surface area contributed by atoms with Crippen LogP contribution in [0.5, 0.6) is 0 Å². The van der Waals surface area contributed by atoms with Crippen LogP contribution in [0.2, 0.25) is 0 Å². The second-order valence-electron chi connectivity index (χ2n) is 4.01. The summed E-state index contributed by atoms with van der Waals surface area (Å²) in [6, 6.07) is 6.89. The summed E-state index contributed by atoms with van der Waals surface area (Å²) in [7, 11) is 0. The zero-order chi connectivity index (χ0) is 13.5. The van der Waals surface area contributed by atoms with E-state index < -0.39 is 11.7 Å². The van der Waals surface area contributed by atoms with Gasteiger partial charge in [0.05, 0.1) is 11.1 Å². The molecule has 19 heavy (non-hydrogen) atoms. The first-order valence-electron chi connectivity index (χ1n) is 5.51. The molecule has 3 aromatic rings. The lowest BCUT2D eigenvalue weighted by Gasteiger charge is -2.07. The summed E-state index contributed by atoms with van der Waals surface area (Å²) in [5.74, 6) is 0.428. The minimum atomic E-state index is -4.33. The first-order chi connectivity index (χ1) is 9.05. The fraction of sp³-hybridized carbons (Fsp3) is 0.0769. The molecule has 2 aromatic heterocycles. The predicted octanol–water partition coefficient (Wildman–Crippen LogP) is 3.44. The Kier molecular flexibility index (Phi) is 2.51. The highest BCUT2D eigenvalue weighted by atomic mass is 19.4. The van der Waals surface area contributed by atoms with Crippen molar-refractivity contribution in [3.8, 4) is 5.95 Å². The van der Waals surface area contributed by atoms with E-state index in [0.717, 1.165) is 12.1 Å². The van der Waals surface area contributed by atoms with Gasteiger partial charge in [0.25, 0.3) is 0 Å². The van der Waals surface area contributed by atoms with E-state index in [0.29, 0.717) is 16.9 Å². The van der Waals surface area contributed by atoms with Gasteiger partial charge >= 0.3 is 6.18 Å². The maximum Gasteiger partial charge on any atom is 0.416 e. The summed E-state index contributed by atoms with van der Waals surface area (Å²) < 4.78 is 39.5. The molecule has 0 unspecified atom stereocenters. The van der Waals surface area contributed by atoms with E-state index in [9.17, 15) is 13.2 Å². The molecule has 0 saturated heterocycles. The molecule has 0 aliphatic carbocycles. The van der Waals surface area contributed by atoms with Crippen LogP contribution in [-0.2, 0) is 6.18 Å². The number of benzene rings is 1. The van der Waals surface area contributed by atoms with E-state index in [-0.39, 0.29) is 0 Å². The molecule has 0 aliphatic rings. The number of halogens is 3. The molecule has 96 valence electrons. The second kappa shape index (κ2) is 4.08. The summed E-state index contributed by atoms with van der Waals surface area (Å²) >= 11 is 0. The van der Waals surface area contributed by atoms with Gasteiger partial charge in [0, 0.05) is 24.0 Å². The van der Waals surface area contributed by atoms with E-state index >= 15 is 0 Å². The molecule has 3 rings (SSSR count). The van der Waals surface area contributed by atoms with Crippen molar-refractivity contribution in [1.82, 2.24) is 14.5 Å². The normalized spacial score (nSPS) is 11.9. The number of aromatic nitrogens is 3. The predicted molar refractivity (Wildman–Crippen MR) is 63.9 cm³/mol. The van der Waals surface area contributed by atoms with Crippen LogP contribution >= 0.6 is 0 Å². The van der Waals surface area contributed by atoms with Crippen molar-refractivity contribution in [2.45, 2.75) is 6.18 Å². The molecule has 0 spiro atoms. The number of hydrogen-bond donors (Lipinski definition) is 0. The largest absolute Gasteiger partial charge is 0.416 e. The van der Waals surface area contributed by atoms with Crippen molar-refractivity contribution in [2.75, 3.05) is 0 Å². The summed E-state index contributed by atoms with van der Waals surface area (Å²) in [6.45, 7) is 0. The Hall–Kier alpha value is -2.37. The molecule has 0 amide bonds. The van der Waals surface area contributed by atoms with Crippen molar-refractivity contribution >= 4 is 10.9 Å². The smallest absolute Gasteiger partial charge is 0.285 e. The van der Waals surface area contributed by atoms with Gasteiger partial charge < -0.3 is 0 Å². The molecule has 0 saturated carbocycles. The van der Waals surface area contributed by atoms with E-state index in [1.165, 1.54) is 6.07 Å². The van der Waals surface area contributed by atoms with Crippen LogP contribution in [-0.4, -0.2) is 14.5 Å². The number of fused-ring (bicyclic) bond motifs is 1. The van der Waals surface area contributed by atoms with Crippen LogP contribution < -0.4 is 0 Å². The molecule has 1 aromatic carbocycles. The fourth-order valence-electron chi connectivity index (χ4n) is 1.91. The van der Waals surface area contributed by atoms with Crippen molar-refractivity contribution < 1.29 is 13.2 Å². The van der Waals surface area contributed by atoms with Gasteiger partial charge in [0.1, 0.15) is 0 Å². The van der Waals surface area contributed by atoms with Crippen LogP contribution in [0, 0.1) is 0 Å². The average molecular weight is 263 g/mol. The van der Waals surface area contributed by atoms with Gasteiger partial charge in [0.15, 0.2) is 0 Å². The molecular weight excluding hydrogens is 255 g/mol. The number of alkyl halides is 3. The number of rotatable bonds is 1. The zero-order valence-electron chi connectivity index (χ0n) is 9.59. The van der Waals surface area contributed by atoms with Crippen LogP contribution in [0.3, 0.4) is 0 Å². The molecule has 0 N–H and O–H groups in total. The Labute approximate surface area is 106 Å². The molecular formula is C13H8F3N3. The lowest BCUT2D eigenvalue weighted by Crippen LogP contribution is -2.04. The Morgan fingerprint density at radius 3 is 2.42 bits per heavy atom. The van der Waals surface area contributed by atoms with E-state index in [2.05, 4.69) is 9.97 Å². The number of hydrogen-bond acceptors (Lipinski definition) is 2. The molecule has 3 nitrogen and oxygen atoms in total. The molecule has 2 heterocycles. The van der Waals surface area contributed by atoms with E-state index in [1.54, 1.807) is 35.3 Å². The summed E-state index contributed by atoms with van der Waals surface area (Å²) in [4.78, 5) is 8.14. The van der Waals surface area contributed by atoms with Gasteiger partial charge in [-0.15, -0.1) is 0 Å². The van der Waals surface area contributed by atoms with Crippen LogP contribution in [0.1, 0.15) is 5.56 Å². The lowest BCUT2D eigenvalue weighted by molar-refractivity contribution is -0.137. The highest BCUT2D eigenvalue weighted by Crippen LogP contribution is 2.32. The van der Waals surface area contributed by atoms with Gasteiger partial charge in [-0.1, -0.05) is 0 Å². The maximum absolute atomic E-state index is 12.6. The average Bonchev–Trinajstić information content (AvgIpc) is 2.81. The first kappa shape index (κ1) is 11.7. The summed E-state index contributed by atoms with van der Waals surface area (Å²) in [5.41, 5.74) is -0.0223. The third kappa shape index (κ3) is 2.05. The SMILES string of the molecule is FC(F)(F)c1ccc2c(ccn2-c2ncccn2)c1. The molecule has 0 atom stereocenters. The first-order valence-corrected chi connectivity index (χ1v) is 5.51. The topological polar surface area (TPSA) is 30.7 Å². The van der Waals surface area contributed by atoms with Crippen molar-refractivity contribution in [3.05, 3.63) is 54.5 Å². The highest BCUT2D eigenvalue weighted by Gasteiger charge is 2.30. The Morgan fingerprint density at radius 1 is 1.00 bits per heavy atom. The Morgan fingerprint density at radius 2 is 1.74 bits per heavy atom. The third-order valence-electron chi connectivity index (χ3n) is 2.79. The number of nitrogens with zero attached hydrogens (tertiary/aromatic N) is 3. The molecule has 0 fully saturated rings. The molecule has 0 aliphatic heterocycles. The van der Waals surface area contributed by atoms with Gasteiger partial charge in [-0.2, -0.15) is 13.2 Å². The zero-order valence-corrected chi connectivity index (χ0v) is 9.59. The minimum Gasteiger partial charge on any atom is -0.285 e. The highest BCUT2D eigenvalue weighted by molar-refractivity contribution is 5.82. The van der Waals surface area contributed by atoms with Gasteiger partial charge in [-0.25, -0.2) is 9.97 Å². The Bertz CT molecular complexity index is 717. The minimum absolute atomic E-state index is 0.428. The third-order valence-corrected chi connectivity index (χ3v) is 2.79. The van der Waals surface area contributed by atoms with Crippen LogP contribution in [0.25, 0.3) is 16.9 Å². The van der Waals surface area contributed by atoms with Crippen molar-refractivity contribution in [2.24, 2.45) is 0 Å². The fourth-order valence-corrected chi connectivity index (χ4v) is 1.91. The van der Waals surface area contributed by atoms with Gasteiger partial charge in [-0.3, -0.25) is 4.57 Å². The van der Waals surface area contributed by atoms with Gasteiger partial charge in [0.2, 0.25) is 5.95 Å². The lowest BCUT2D eigenvalue weighted by atomic mass is 10.1. The molecule has 6 heteroatoms. The second-order valence-corrected chi connectivity index (χ2v) is 4.01. The quantitative estimate of drug-likeness (QED) is 0.673. The maximum atomic E-state index is 12.6. The summed E-state index contributed by atoms with van der Waals surface area (Å²) in [5, 5.41) is 0.502. The van der Waals surface area contributed by atoms with Crippen molar-refractivity contribution in [1.29, 1.82) is 0 Å². The van der Waals surface area contributed by atoms with Crippen molar-refractivity contribution in [3.63, 3.8) is 0 Å². The Balaban J connectivity index is 2.16. The van der Waals surface area contributed by atoms with E-state index in [4.69, 9.17) is 0 Å². The van der Waals surface area contributed by atoms with Gasteiger partial charge in [-0.05, 0) is 30.3 Å². The molecule has 0 bridgehead atoms. The summed E-state index contributed by atoms with van der Waals surface area (Å²) in [6.07, 6.45) is 0.482. The standard InChI is InChI=1S/C13H8F3N3/c14-13(15,16)10-2-3-11-9(8-10)4-7-19(11)12-17-5-1-6-18-12/h1-8H. The monoisotopic (exact) mass is 263 g/mol. The van der Waals surface area contributed by atoms with E-state index in [1.807, 2.05) is 0 Å².